The van der Waals surface area contributed by atoms with Crippen LogP contribution < -0.4 is 10.6 Å². The van der Waals surface area contributed by atoms with E-state index in [1.807, 2.05) is 20.0 Å². The van der Waals surface area contributed by atoms with E-state index in [0.717, 1.165) is 19.3 Å². The number of aryl methyl sites for hydroxylation is 1. The lowest BCUT2D eigenvalue weighted by Crippen LogP contribution is -2.50. The Hall–Kier alpha value is -1.56. The first-order valence-corrected chi connectivity index (χ1v) is 7.16. The lowest BCUT2D eigenvalue weighted by molar-refractivity contribution is 0.0165. The van der Waals surface area contributed by atoms with Gasteiger partial charge in [-0.2, -0.15) is 5.10 Å². The molecule has 112 valence electrons. The number of aliphatic hydroxyl groups is 1. The van der Waals surface area contributed by atoms with Gasteiger partial charge < -0.3 is 15.7 Å². The maximum Gasteiger partial charge on any atom is 0.315 e. The number of aromatic amines is 1. The number of amides is 2. The Labute approximate surface area is 119 Å². The number of H-pyrrole nitrogens is 1. The largest absolute Gasteiger partial charge is 0.388 e. The Morgan fingerprint density at radius 1 is 1.65 bits per heavy atom. The van der Waals surface area contributed by atoms with Crippen LogP contribution in [-0.2, 0) is 12.8 Å². The second-order valence-electron chi connectivity index (χ2n) is 6.15. The molecule has 1 aliphatic rings. The molecule has 6 heteroatoms. The zero-order valence-corrected chi connectivity index (χ0v) is 12.4. The number of hydrogen-bond acceptors (Lipinski definition) is 3. The molecule has 4 N–H and O–H groups in total. The highest BCUT2D eigenvalue weighted by atomic mass is 16.3. The zero-order chi connectivity index (χ0) is 14.8. The van der Waals surface area contributed by atoms with Crippen LogP contribution in [0.15, 0.2) is 6.20 Å². The average Bonchev–Trinajstić information content (AvgIpc) is 2.83. The minimum absolute atomic E-state index is 0.0889. The van der Waals surface area contributed by atoms with Gasteiger partial charge in [0.25, 0.3) is 0 Å². The molecule has 20 heavy (non-hydrogen) atoms. The fraction of sp³-hybridized carbons (Fsp3) is 0.714. The summed E-state index contributed by atoms with van der Waals surface area (Å²) in [6.45, 7) is 5.85. The van der Waals surface area contributed by atoms with E-state index in [-0.39, 0.29) is 24.5 Å². The second kappa shape index (κ2) is 5.83. The van der Waals surface area contributed by atoms with Crippen LogP contribution >= 0.6 is 0 Å². The van der Waals surface area contributed by atoms with Gasteiger partial charge in [0, 0.05) is 18.3 Å². The first kappa shape index (κ1) is 14.8. The van der Waals surface area contributed by atoms with Crippen molar-refractivity contribution in [3.05, 3.63) is 17.5 Å². The summed E-state index contributed by atoms with van der Waals surface area (Å²) >= 11 is 0. The minimum atomic E-state index is -0.887. The van der Waals surface area contributed by atoms with Crippen molar-refractivity contribution in [1.29, 1.82) is 0 Å². The first-order valence-electron chi connectivity index (χ1n) is 7.16. The fourth-order valence-electron chi connectivity index (χ4n) is 2.24. The average molecular weight is 280 g/mol. The van der Waals surface area contributed by atoms with Crippen LogP contribution in [0.25, 0.3) is 0 Å². The first-order chi connectivity index (χ1) is 9.38. The number of aromatic nitrogens is 2. The molecule has 0 aliphatic heterocycles. The number of carbonyl (C=O) groups is 1. The molecule has 0 bridgehead atoms. The number of fused-ring (bicyclic) bond motifs is 1. The predicted molar refractivity (Wildman–Crippen MR) is 76.4 cm³/mol. The van der Waals surface area contributed by atoms with Gasteiger partial charge in [-0.05, 0) is 37.7 Å². The highest BCUT2D eigenvalue weighted by Gasteiger charge is 2.26. The van der Waals surface area contributed by atoms with Crippen molar-refractivity contribution in [2.45, 2.75) is 51.7 Å². The number of nitrogens with zero attached hydrogens (tertiary/aromatic N) is 1. The van der Waals surface area contributed by atoms with Crippen LogP contribution in [0.4, 0.5) is 4.79 Å². The Bertz CT molecular complexity index is 467. The molecule has 0 radical (unpaired) electrons. The van der Waals surface area contributed by atoms with Crippen molar-refractivity contribution in [2.24, 2.45) is 5.92 Å². The monoisotopic (exact) mass is 280 g/mol. The fourth-order valence-corrected chi connectivity index (χ4v) is 2.24. The maximum atomic E-state index is 11.9. The smallest absolute Gasteiger partial charge is 0.315 e. The molecule has 2 unspecified atom stereocenters. The third-order valence-electron chi connectivity index (χ3n) is 4.20. The van der Waals surface area contributed by atoms with E-state index in [4.69, 9.17) is 0 Å². The molecule has 1 aromatic rings. The molecule has 6 nitrogen and oxygen atoms in total. The summed E-state index contributed by atoms with van der Waals surface area (Å²) in [7, 11) is 0. The number of rotatable bonds is 4. The van der Waals surface area contributed by atoms with Crippen molar-refractivity contribution >= 4 is 6.03 Å². The number of nitrogens with one attached hydrogen (secondary N) is 3. The van der Waals surface area contributed by atoms with Crippen LogP contribution in [0.5, 0.6) is 0 Å². The lowest BCUT2D eigenvalue weighted by atomic mass is 9.92. The van der Waals surface area contributed by atoms with Crippen molar-refractivity contribution in [2.75, 3.05) is 6.54 Å². The van der Waals surface area contributed by atoms with Crippen LogP contribution in [0, 0.1) is 5.92 Å². The molecule has 1 aliphatic carbocycles. The van der Waals surface area contributed by atoms with Crippen molar-refractivity contribution in [3.63, 3.8) is 0 Å². The molecule has 0 spiro atoms. The quantitative estimate of drug-likeness (QED) is 0.662. The summed E-state index contributed by atoms with van der Waals surface area (Å²) in [4.78, 5) is 11.9. The highest BCUT2D eigenvalue weighted by molar-refractivity contribution is 5.74. The third-order valence-corrected chi connectivity index (χ3v) is 4.20. The van der Waals surface area contributed by atoms with Crippen molar-refractivity contribution < 1.29 is 9.90 Å². The summed E-state index contributed by atoms with van der Waals surface area (Å²) in [6, 6.07) is -0.0908. The van der Waals surface area contributed by atoms with Crippen LogP contribution in [0.3, 0.4) is 0 Å². The molecule has 1 heterocycles. The van der Waals surface area contributed by atoms with Crippen LogP contribution in [-0.4, -0.2) is 39.5 Å². The second-order valence-corrected chi connectivity index (χ2v) is 6.15. The van der Waals surface area contributed by atoms with Gasteiger partial charge in [-0.1, -0.05) is 13.8 Å². The lowest BCUT2D eigenvalue weighted by Gasteiger charge is -2.29. The van der Waals surface area contributed by atoms with Gasteiger partial charge in [0.2, 0.25) is 0 Å². The molecule has 2 atom stereocenters. The van der Waals surface area contributed by atoms with Gasteiger partial charge in [0.05, 0.1) is 11.8 Å². The number of carbonyl (C=O) groups excluding carboxylic acids is 1. The normalized spacial score (nSPS) is 21.1. The molecular formula is C14H24N4O2. The van der Waals surface area contributed by atoms with Crippen molar-refractivity contribution in [3.8, 4) is 0 Å². The summed E-state index contributed by atoms with van der Waals surface area (Å²) < 4.78 is 0. The van der Waals surface area contributed by atoms with E-state index in [9.17, 15) is 9.90 Å². The number of urea groups is 1. The third kappa shape index (κ3) is 3.50. The summed E-state index contributed by atoms with van der Waals surface area (Å²) in [5, 5.41) is 22.8. The molecule has 0 fully saturated rings. The Balaban J connectivity index is 1.79. The topological polar surface area (TPSA) is 90.0 Å². The van der Waals surface area contributed by atoms with Gasteiger partial charge in [-0.15, -0.1) is 0 Å². The van der Waals surface area contributed by atoms with Gasteiger partial charge >= 0.3 is 6.03 Å². The van der Waals surface area contributed by atoms with E-state index in [1.165, 1.54) is 11.3 Å². The Kier molecular flexibility index (Phi) is 4.32. The van der Waals surface area contributed by atoms with E-state index in [2.05, 4.69) is 20.8 Å². The molecular weight excluding hydrogens is 256 g/mol. The van der Waals surface area contributed by atoms with E-state index in [1.54, 1.807) is 6.92 Å². The van der Waals surface area contributed by atoms with E-state index in [0.29, 0.717) is 0 Å². The minimum Gasteiger partial charge on any atom is -0.388 e. The van der Waals surface area contributed by atoms with E-state index < -0.39 is 5.60 Å². The zero-order valence-electron chi connectivity index (χ0n) is 12.4. The summed E-state index contributed by atoms with van der Waals surface area (Å²) in [5.74, 6) is 0.0889. The van der Waals surface area contributed by atoms with Gasteiger partial charge in [0.1, 0.15) is 0 Å². The standard InChI is InChI=1S/C14H24N4O2/c1-9(2)14(3,20)8-15-13(19)17-11-4-5-12-10(6-11)7-16-18-12/h7,9,11,20H,4-6,8H2,1-3H3,(H,16,18)(H2,15,17,19). The SMILES string of the molecule is CC(C)C(C)(O)CNC(=O)NC1CCc2[nH]ncc2C1. The molecule has 0 saturated carbocycles. The molecule has 2 rings (SSSR count). The predicted octanol–water partition coefficient (Wildman–Crippen LogP) is 0.973. The molecule has 0 saturated heterocycles. The van der Waals surface area contributed by atoms with Gasteiger partial charge in [-0.25, -0.2) is 4.79 Å². The molecule has 2 amide bonds. The Morgan fingerprint density at radius 2 is 2.40 bits per heavy atom. The summed E-state index contributed by atoms with van der Waals surface area (Å²) in [5.41, 5.74) is 1.46. The maximum absolute atomic E-state index is 11.9. The molecule has 1 aromatic heterocycles. The van der Waals surface area contributed by atoms with E-state index >= 15 is 0 Å². The molecule has 0 aromatic carbocycles. The van der Waals surface area contributed by atoms with Crippen LogP contribution in [0.1, 0.15) is 38.4 Å². The Morgan fingerprint density at radius 3 is 3.10 bits per heavy atom. The van der Waals surface area contributed by atoms with Crippen LogP contribution in [0.2, 0.25) is 0 Å². The van der Waals surface area contributed by atoms with Gasteiger partial charge in [-0.3, -0.25) is 5.10 Å². The number of hydrogen-bond donors (Lipinski definition) is 4. The highest BCUT2D eigenvalue weighted by Crippen LogP contribution is 2.19. The van der Waals surface area contributed by atoms with Gasteiger partial charge in [0.15, 0.2) is 0 Å². The summed E-state index contributed by atoms with van der Waals surface area (Å²) in [6.07, 6.45) is 4.44. The van der Waals surface area contributed by atoms with Crippen molar-refractivity contribution in [1.82, 2.24) is 20.8 Å².